The van der Waals surface area contributed by atoms with E-state index < -0.39 is 17.9 Å². The first-order valence-electron chi connectivity index (χ1n) is 6.23. The summed E-state index contributed by atoms with van der Waals surface area (Å²) in [5, 5.41) is 15.2. The van der Waals surface area contributed by atoms with Gasteiger partial charge < -0.3 is 15.7 Å². The summed E-state index contributed by atoms with van der Waals surface area (Å²) in [5.41, 5.74) is 0.117. The van der Waals surface area contributed by atoms with Crippen LogP contribution in [0.2, 0.25) is 5.02 Å². The number of benzene rings is 1. The van der Waals surface area contributed by atoms with Gasteiger partial charge in [0.15, 0.2) is 0 Å². The van der Waals surface area contributed by atoms with Gasteiger partial charge in [-0.25, -0.2) is 0 Å². The van der Waals surface area contributed by atoms with Crippen LogP contribution in [0.3, 0.4) is 0 Å². The number of amides is 2. The van der Waals surface area contributed by atoms with E-state index in [-0.39, 0.29) is 12.0 Å². The minimum atomic E-state index is -0.789. The van der Waals surface area contributed by atoms with Crippen molar-refractivity contribution in [2.24, 2.45) is 5.41 Å². The molecule has 0 bridgehead atoms. The number of halogens is 1. The number of hydrogen-bond donors (Lipinski definition) is 3. The van der Waals surface area contributed by atoms with Gasteiger partial charge in [0.2, 0.25) is 0 Å². The molecule has 2 amide bonds. The molecule has 0 saturated heterocycles. The molecule has 1 rings (SSSR count). The van der Waals surface area contributed by atoms with E-state index in [1.165, 1.54) is 0 Å². The lowest BCUT2D eigenvalue weighted by Crippen LogP contribution is -2.43. The van der Waals surface area contributed by atoms with Crippen LogP contribution < -0.4 is 10.6 Å². The maximum atomic E-state index is 11.6. The van der Waals surface area contributed by atoms with Gasteiger partial charge in [-0.3, -0.25) is 9.59 Å². The highest BCUT2D eigenvalue weighted by Gasteiger charge is 2.23. The molecule has 20 heavy (non-hydrogen) atoms. The van der Waals surface area contributed by atoms with Crippen molar-refractivity contribution in [1.82, 2.24) is 5.32 Å². The molecule has 6 heteroatoms. The van der Waals surface area contributed by atoms with E-state index >= 15 is 0 Å². The van der Waals surface area contributed by atoms with Crippen molar-refractivity contribution in [1.29, 1.82) is 0 Å². The first kappa shape index (κ1) is 16.5. The molecular formula is C14H19ClN2O3. The highest BCUT2D eigenvalue weighted by molar-refractivity contribution is 6.39. The molecule has 0 radical (unpaired) electrons. The first-order valence-corrected chi connectivity index (χ1v) is 6.61. The Hall–Kier alpha value is -1.59. The zero-order valence-corrected chi connectivity index (χ0v) is 12.5. The van der Waals surface area contributed by atoms with Crippen LogP contribution in [0.1, 0.15) is 20.8 Å². The molecule has 1 aromatic rings. The van der Waals surface area contributed by atoms with Crippen LogP contribution in [0.25, 0.3) is 0 Å². The van der Waals surface area contributed by atoms with Crippen molar-refractivity contribution in [3.63, 3.8) is 0 Å². The van der Waals surface area contributed by atoms with E-state index in [0.717, 1.165) is 0 Å². The van der Waals surface area contributed by atoms with Gasteiger partial charge in [-0.15, -0.1) is 0 Å². The molecular weight excluding hydrogens is 280 g/mol. The lowest BCUT2D eigenvalue weighted by atomic mass is 9.89. The molecule has 0 saturated carbocycles. The Bertz CT molecular complexity index is 480. The molecule has 0 aliphatic heterocycles. The Balaban J connectivity index is 2.48. The molecule has 0 aliphatic carbocycles. The summed E-state index contributed by atoms with van der Waals surface area (Å²) < 4.78 is 0. The third-order valence-corrected chi connectivity index (χ3v) is 3.02. The van der Waals surface area contributed by atoms with E-state index in [1.54, 1.807) is 24.3 Å². The third-order valence-electron chi connectivity index (χ3n) is 2.76. The summed E-state index contributed by atoms with van der Waals surface area (Å²) in [7, 11) is 0. The molecule has 1 unspecified atom stereocenters. The van der Waals surface area contributed by atoms with Crippen LogP contribution >= 0.6 is 11.6 Å². The van der Waals surface area contributed by atoms with E-state index in [9.17, 15) is 14.7 Å². The second-order valence-corrected chi connectivity index (χ2v) is 5.99. The maximum Gasteiger partial charge on any atom is 0.313 e. The fourth-order valence-corrected chi connectivity index (χ4v) is 1.42. The number of aliphatic hydroxyl groups excluding tert-OH is 1. The monoisotopic (exact) mass is 298 g/mol. The Kier molecular flexibility index (Phi) is 5.53. The van der Waals surface area contributed by atoms with Crippen molar-refractivity contribution in [3.05, 3.63) is 29.3 Å². The fraction of sp³-hybridized carbons (Fsp3) is 0.429. The Morgan fingerprint density at radius 2 is 1.75 bits per heavy atom. The summed E-state index contributed by atoms with van der Waals surface area (Å²) in [6, 6.07) is 6.41. The summed E-state index contributed by atoms with van der Waals surface area (Å²) in [6.45, 7) is 5.56. The summed E-state index contributed by atoms with van der Waals surface area (Å²) >= 11 is 5.72. The van der Waals surface area contributed by atoms with Crippen LogP contribution in [0.4, 0.5) is 5.69 Å². The zero-order valence-electron chi connectivity index (χ0n) is 11.7. The average molecular weight is 299 g/mol. The van der Waals surface area contributed by atoms with E-state index in [1.807, 2.05) is 20.8 Å². The minimum absolute atomic E-state index is 0.0242. The molecule has 1 aromatic carbocycles. The highest BCUT2D eigenvalue weighted by atomic mass is 35.5. The quantitative estimate of drug-likeness (QED) is 0.745. The van der Waals surface area contributed by atoms with E-state index in [0.29, 0.717) is 10.7 Å². The summed E-state index contributed by atoms with van der Waals surface area (Å²) in [6.07, 6.45) is -0.727. The molecule has 0 heterocycles. The molecule has 110 valence electrons. The average Bonchev–Trinajstić information content (AvgIpc) is 2.36. The molecule has 0 fully saturated rings. The normalized spacial score (nSPS) is 12.7. The molecule has 1 atom stereocenters. The van der Waals surface area contributed by atoms with Gasteiger partial charge in [0, 0.05) is 17.3 Å². The third kappa shape index (κ3) is 5.19. The second kappa shape index (κ2) is 6.72. The SMILES string of the molecule is CC(C)(C)C(O)CNC(=O)C(=O)Nc1ccc(Cl)cc1. The van der Waals surface area contributed by atoms with Crippen molar-refractivity contribution in [2.45, 2.75) is 26.9 Å². The van der Waals surface area contributed by atoms with Gasteiger partial charge in [-0.1, -0.05) is 32.4 Å². The second-order valence-electron chi connectivity index (χ2n) is 5.55. The maximum absolute atomic E-state index is 11.6. The standard InChI is InChI=1S/C14H19ClN2O3/c1-14(2,3)11(18)8-16-12(19)13(20)17-10-6-4-9(15)5-7-10/h4-7,11,18H,8H2,1-3H3,(H,16,19)(H,17,20). The topological polar surface area (TPSA) is 78.4 Å². The van der Waals surface area contributed by atoms with Gasteiger partial charge in [-0.05, 0) is 29.7 Å². The fourth-order valence-electron chi connectivity index (χ4n) is 1.30. The van der Waals surface area contributed by atoms with Crippen molar-refractivity contribution < 1.29 is 14.7 Å². The van der Waals surface area contributed by atoms with Crippen LogP contribution in [-0.2, 0) is 9.59 Å². The smallest absolute Gasteiger partial charge is 0.313 e. The van der Waals surface area contributed by atoms with Gasteiger partial charge in [-0.2, -0.15) is 0 Å². The predicted octanol–water partition coefficient (Wildman–Crippen LogP) is 1.80. The number of anilines is 1. The van der Waals surface area contributed by atoms with Crippen molar-refractivity contribution in [2.75, 3.05) is 11.9 Å². The highest BCUT2D eigenvalue weighted by Crippen LogP contribution is 2.18. The predicted molar refractivity (Wildman–Crippen MR) is 78.6 cm³/mol. The van der Waals surface area contributed by atoms with Crippen LogP contribution in [0, 0.1) is 5.41 Å². The van der Waals surface area contributed by atoms with E-state index in [4.69, 9.17) is 11.6 Å². The molecule has 0 aromatic heterocycles. The lowest BCUT2D eigenvalue weighted by Gasteiger charge is -2.25. The van der Waals surface area contributed by atoms with Crippen molar-refractivity contribution >= 4 is 29.1 Å². The van der Waals surface area contributed by atoms with E-state index in [2.05, 4.69) is 10.6 Å². The zero-order chi connectivity index (χ0) is 15.3. The Morgan fingerprint density at radius 3 is 2.25 bits per heavy atom. The summed E-state index contributed by atoms with van der Waals surface area (Å²) in [4.78, 5) is 23.2. The van der Waals surface area contributed by atoms with Gasteiger partial charge in [0.1, 0.15) is 0 Å². The van der Waals surface area contributed by atoms with Crippen molar-refractivity contribution in [3.8, 4) is 0 Å². The number of nitrogens with one attached hydrogen (secondary N) is 2. The number of aliphatic hydroxyl groups is 1. The summed E-state index contributed by atoms with van der Waals surface area (Å²) in [5.74, 6) is -1.57. The number of carbonyl (C=O) groups is 2. The van der Waals surface area contributed by atoms with Gasteiger partial charge in [0.05, 0.1) is 6.10 Å². The number of rotatable bonds is 3. The minimum Gasteiger partial charge on any atom is -0.391 e. The molecule has 0 aliphatic rings. The Labute approximate surface area is 123 Å². The van der Waals surface area contributed by atoms with Crippen LogP contribution in [0.5, 0.6) is 0 Å². The number of hydrogen-bond acceptors (Lipinski definition) is 3. The molecule has 5 nitrogen and oxygen atoms in total. The lowest BCUT2D eigenvalue weighted by molar-refractivity contribution is -0.136. The number of carbonyl (C=O) groups excluding carboxylic acids is 2. The Morgan fingerprint density at radius 1 is 1.20 bits per heavy atom. The molecule has 0 spiro atoms. The molecule has 3 N–H and O–H groups in total. The van der Waals surface area contributed by atoms with Gasteiger partial charge >= 0.3 is 11.8 Å². The first-order chi connectivity index (χ1) is 9.20. The van der Waals surface area contributed by atoms with Crippen LogP contribution in [-0.4, -0.2) is 29.6 Å². The largest absolute Gasteiger partial charge is 0.391 e. The van der Waals surface area contributed by atoms with Crippen LogP contribution in [0.15, 0.2) is 24.3 Å². The van der Waals surface area contributed by atoms with Gasteiger partial charge in [0.25, 0.3) is 0 Å².